The Kier molecular flexibility index (Phi) is 6.37. The number of carbonyl (C=O) groups is 3. The molecule has 0 radical (unpaired) electrons. The van der Waals surface area contributed by atoms with E-state index in [9.17, 15) is 14.4 Å². The summed E-state index contributed by atoms with van der Waals surface area (Å²) in [7, 11) is 0. The molecule has 7 heteroatoms. The van der Waals surface area contributed by atoms with Crippen molar-refractivity contribution in [2.45, 2.75) is 18.9 Å². The summed E-state index contributed by atoms with van der Waals surface area (Å²) in [5.41, 5.74) is 5.22. The van der Waals surface area contributed by atoms with E-state index in [1.807, 2.05) is 0 Å². The van der Waals surface area contributed by atoms with E-state index in [1.165, 1.54) is 22.6 Å². The van der Waals surface area contributed by atoms with E-state index >= 15 is 0 Å². The monoisotopic (exact) mass is 314 g/mol. The normalized spacial score (nSPS) is 11.9. The van der Waals surface area contributed by atoms with E-state index in [1.54, 1.807) is 0 Å². The minimum Gasteiger partial charge on any atom is -0.481 e. The molecule has 0 spiro atoms. The van der Waals surface area contributed by atoms with Crippen molar-refractivity contribution in [2.75, 3.05) is 6.54 Å². The number of nitrogens with one attached hydrogen (secondary N) is 1. The molecule has 6 nitrogen and oxygen atoms in total. The van der Waals surface area contributed by atoms with Crippen molar-refractivity contribution in [2.24, 2.45) is 5.73 Å². The van der Waals surface area contributed by atoms with E-state index in [0.29, 0.717) is 0 Å². The number of rotatable bonds is 6. The fraction of sp³-hybridized carbons (Fsp3) is 0.571. The number of halogens is 1. The highest BCUT2D eigenvalue weighted by molar-refractivity contribution is 14.1. The molecule has 1 atom stereocenters. The lowest BCUT2D eigenvalue weighted by Crippen LogP contribution is -2.43. The summed E-state index contributed by atoms with van der Waals surface area (Å²) < 4.78 is -0.270. The van der Waals surface area contributed by atoms with E-state index < -0.39 is 17.9 Å². The second-order valence-electron chi connectivity index (χ2n) is 2.55. The van der Waals surface area contributed by atoms with Crippen molar-refractivity contribution in [3.63, 3.8) is 0 Å². The first-order chi connectivity index (χ1) is 6.47. The van der Waals surface area contributed by atoms with Crippen molar-refractivity contribution in [1.29, 1.82) is 0 Å². The molecule has 4 N–H and O–H groups in total. The molecule has 14 heavy (non-hydrogen) atoms. The number of aliphatic carboxylic acids is 1. The smallest absolute Gasteiger partial charge is 0.303 e. The molecule has 0 aromatic rings. The number of hydrogen-bond acceptors (Lipinski definition) is 4. The number of nitrogens with two attached hydrogens (primary N) is 1. The minimum atomic E-state index is -1.05. The first-order valence-corrected chi connectivity index (χ1v) is 4.95. The summed E-state index contributed by atoms with van der Waals surface area (Å²) in [6.45, 7) is 0.0145. The fourth-order valence-electron chi connectivity index (χ4n) is 0.695. The second kappa shape index (κ2) is 6.71. The summed E-state index contributed by atoms with van der Waals surface area (Å²) >= 11 is 1.53. The van der Waals surface area contributed by atoms with Crippen LogP contribution in [0.1, 0.15) is 12.8 Å². The van der Waals surface area contributed by atoms with Crippen LogP contribution in [-0.2, 0) is 14.4 Å². The highest BCUT2D eigenvalue weighted by atomic mass is 127. The van der Waals surface area contributed by atoms with Crippen LogP contribution in [0.2, 0.25) is 0 Å². The molecule has 1 amide bonds. The molecule has 0 fully saturated rings. The van der Waals surface area contributed by atoms with Gasteiger partial charge < -0.3 is 16.2 Å². The quantitative estimate of drug-likeness (QED) is 0.442. The van der Waals surface area contributed by atoms with Crippen LogP contribution in [0, 0.1) is 0 Å². The van der Waals surface area contributed by atoms with Gasteiger partial charge in [-0.05, 0) is 0 Å². The van der Waals surface area contributed by atoms with Crippen LogP contribution >= 0.6 is 22.6 Å². The number of amides is 1. The Labute approximate surface area is 94.4 Å². The third kappa shape index (κ3) is 5.86. The number of carboxylic acids is 1. The third-order valence-electron chi connectivity index (χ3n) is 1.41. The first-order valence-electron chi connectivity index (χ1n) is 3.88. The highest BCUT2D eigenvalue weighted by Crippen LogP contribution is 1.95. The van der Waals surface area contributed by atoms with Gasteiger partial charge in [0.15, 0.2) is 0 Å². The SMILES string of the molecule is NCC(NC(=O)CCC(=O)O)C(=O)I. The molecule has 0 aliphatic heterocycles. The van der Waals surface area contributed by atoms with Crippen LogP contribution in [0.4, 0.5) is 0 Å². The van der Waals surface area contributed by atoms with Gasteiger partial charge in [0.1, 0.15) is 6.04 Å². The number of carbonyl (C=O) groups excluding carboxylic acids is 2. The second-order valence-corrected chi connectivity index (χ2v) is 3.62. The van der Waals surface area contributed by atoms with Gasteiger partial charge in [0, 0.05) is 35.6 Å². The van der Waals surface area contributed by atoms with Crippen molar-refractivity contribution in [1.82, 2.24) is 5.32 Å². The molecule has 0 bridgehead atoms. The maximum absolute atomic E-state index is 11.0. The molecule has 0 aliphatic carbocycles. The zero-order chi connectivity index (χ0) is 11.1. The lowest BCUT2D eigenvalue weighted by Gasteiger charge is -2.11. The van der Waals surface area contributed by atoms with Crippen LogP contribution in [0.15, 0.2) is 0 Å². The molecule has 0 rings (SSSR count). The van der Waals surface area contributed by atoms with Crippen LogP contribution in [0.25, 0.3) is 0 Å². The van der Waals surface area contributed by atoms with Crippen molar-refractivity contribution in [3.8, 4) is 0 Å². The molecule has 0 aromatic carbocycles. The van der Waals surface area contributed by atoms with Gasteiger partial charge in [0.05, 0.1) is 6.42 Å². The zero-order valence-electron chi connectivity index (χ0n) is 7.33. The molecular formula is C7H11IN2O4. The Morgan fingerprint density at radius 2 is 1.93 bits per heavy atom. The standard InChI is InChI=1S/C7H11IN2O4/c8-7(14)4(3-9)10-5(11)1-2-6(12)13/h4H,1-3,9H2,(H,10,11)(H,12,13). The van der Waals surface area contributed by atoms with Gasteiger partial charge in [0.25, 0.3) is 0 Å². The predicted molar refractivity (Wildman–Crippen MR) is 56.9 cm³/mol. The molecule has 0 heterocycles. The van der Waals surface area contributed by atoms with Crippen molar-refractivity contribution < 1.29 is 19.5 Å². The Balaban J connectivity index is 3.91. The van der Waals surface area contributed by atoms with Crippen molar-refractivity contribution >= 4 is 38.3 Å². The summed E-state index contributed by atoms with van der Waals surface area (Å²) in [6.07, 6.45) is -0.395. The van der Waals surface area contributed by atoms with Gasteiger partial charge in [-0.3, -0.25) is 14.4 Å². The summed E-state index contributed by atoms with van der Waals surface area (Å²) in [5.74, 6) is -1.53. The summed E-state index contributed by atoms with van der Waals surface area (Å²) in [5, 5.41) is 10.6. The molecule has 0 aliphatic rings. The van der Waals surface area contributed by atoms with E-state index in [0.717, 1.165) is 0 Å². The average Bonchev–Trinajstić information content (AvgIpc) is 2.10. The zero-order valence-corrected chi connectivity index (χ0v) is 9.48. The van der Waals surface area contributed by atoms with Gasteiger partial charge in [-0.2, -0.15) is 0 Å². The molecule has 80 valence electrons. The fourth-order valence-corrected chi connectivity index (χ4v) is 1.11. The van der Waals surface area contributed by atoms with Gasteiger partial charge in [-0.25, -0.2) is 0 Å². The van der Waals surface area contributed by atoms with E-state index in [2.05, 4.69) is 5.32 Å². The lowest BCUT2D eigenvalue weighted by atomic mass is 10.2. The Morgan fingerprint density at radius 3 is 2.29 bits per heavy atom. The Bertz CT molecular complexity index is 244. The maximum atomic E-state index is 11.0. The molecule has 0 saturated carbocycles. The van der Waals surface area contributed by atoms with Crippen molar-refractivity contribution in [3.05, 3.63) is 0 Å². The van der Waals surface area contributed by atoms with Gasteiger partial charge in [-0.1, -0.05) is 0 Å². The molecule has 0 saturated heterocycles. The Hall–Kier alpha value is -0.700. The predicted octanol–water partition coefficient (Wildman–Crippen LogP) is -0.744. The van der Waals surface area contributed by atoms with Gasteiger partial charge in [-0.15, -0.1) is 0 Å². The van der Waals surface area contributed by atoms with Crippen LogP contribution in [0.5, 0.6) is 0 Å². The van der Waals surface area contributed by atoms with Crippen LogP contribution < -0.4 is 11.1 Å². The van der Waals surface area contributed by atoms with Gasteiger partial charge in [0.2, 0.25) is 9.70 Å². The van der Waals surface area contributed by atoms with E-state index in [-0.39, 0.29) is 23.2 Å². The van der Waals surface area contributed by atoms with Crippen LogP contribution in [-0.4, -0.2) is 33.4 Å². The van der Waals surface area contributed by atoms with E-state index in [4.69, 9.17) is 10.8 Å². The summed E-state index contributed by atoms with van der Waals surface area (Å²) in [4.78, 5) is 32.0. The topological polar surface area (TPSA) is 109 Å². The highest BCUT2D eigenvalue weighted by Gasteiger charge is 2.16. The third-order valence-corrected chi connectivity index (χ3v) is 2.16. The van der Waals surface area contributed by atoms with Crippen LogP contribution in [0.3, 0.4) is 0 Å². The average molecular weight is 314 g/mol. The number of carboxylic acid groups (broad SMARTS) is 1. The lowest BCUT2D eigenvalue weighted by molar-refractivity contribution is -0.138. The first kappa shape index (κ1) is 13.3. The summed E-state index contributed by atoms with van der Waals surface area (Å²) in [6, 6.07) is -0.725. The molecular weight excluding hydrogens is 303 g/mol. The maximum Gasteiger partial charge on any atom is 0.303 e. The Morgan fingerprint density at radius 1 is 1.36 bits per heavy atom. The molecule has 0 aromatic heterocycles. The largest absolute Gasteiger partial charge is 0.481 e. The number of hydrogen-bond donors (Lipinski definition) is 3. The van der Waals surface area contributed by atoms with Gasteiger partial charge >= 0.3 is 5.97 Å². The molecule has 1 unspecified atom stereocenters. The minimum absolute atomic E-state index is 0.0145.